The van der Waals surface area contributed by atoms with E-state index in [-0.39, 0.29) is 0 Å². The molecule has 108 valence electrons. The molecule has 0 aliphatic carbocycles. The van der Waals surface area contributed by atoms with E-state index in [1.165, 1.54) is 11.3 Å². The molecule has 0 aliphatic rings. The Balaban J connectivity index is 2.28. The van der Waals surface area contributed by atoms with Gasteiger partial charge in [-0.1, -0.05) is 17.7 Å². The molecule has 1 aromatic heterocycles. The molecule has 0 unspecified atom stereocenters. The molecule has 0 radical (unpaired) electrons. The van der Waals surface area contributed by atoms with Crippen LogP contribution in [0, 0.1) is 6.92 Å². The van der Waals surface area contributed by atoms with Crippen molar-refractivity contribution >= 4 is 38.6 Å². The molecule has 0 saturated carbocycles. The zero-order chi connectivity index (χ0) is 14.8. The van der Waals surface area contributed by atoms with Crippen LogP contribution in [0.25, 0.3) is 0 Å². The largest absolute Gasteiger partial charge is 0.315 e. The standard InChI is InChI=1S/C13H15ClN2O2S2/c1-9-6-13(19-12(9)8-15-2)20(17,18)16-11-5-3-4-10(14)7-11/h3-7,15-16H,8H2,1-2H3. The Kier molecular flexibility index (Phi) is 4.70. The van der Waals surface area contributed by atoms with Gasteiger partial charge in [0.25, 0.3) is 10.0 Å². The number of sulfonamides is 1. The molecule has 0 atom stereocenters. The summed E-state index contributed by atoms with van der Waals surface area (Å²) in [6.45, 7) is 2.56. The van der Waals surface area contributed by atoms with Crippen LogP contribution in [0.1, 0.15) is 10.4 Å². The summed E-state index contributed by atoms with van der Waals surface area (Å²) in [5.74, 6) is 0. The normalized spacial score (nSPS) is 11.6. The molecule has 7 heteroatoms. The van der Waals surface area contributed by atoms with Gasteiger partial charge in [0.05, 0.1) is 5.69 Å². The van der Waals surface area contributed by atoms with E-state index in [0.29, 0.717) is 21.5 Å². The number of thiophene rings is 1. The molecule has 0 saturated heterocycles. The number of rotatable bonds is 5. The minimum atomic E-state index is -3.57. The highest BCUT2D eigenvalue weighted by atomic mass is 35.5. The Morgan fingerprint density at radius 1 is 1.30 bits per heavy atom. The topological polar surface area (TPSA) is 58.2 Å². The Bertz CT molecular complexity index is 711. The monoisotopic (exact) mass is 330 g/mol. The molecule has 0 fully saturated rings. The van der Waals surface area contributed by atoms with Crippen LogP contribution < -0.4 is 10.0 Å². The van der Waals surface area contributed by atoms with Gasteiger partial charge in [-0.25, -0.2) is 8.42 Å². The van der Waals surface area contributed by atoms with Gasteiger partial charge in [0.1, 0.15) is 4.21 Å². The lowest BCUT2D eigenvalue weighted by Crippen LogP contribution is -2.11. The van der Waals surface area contributed by atoms with Gasteiger partial charge in [0.2, 0.25) is 0 Å². The van der Waals surface area contributed by atoms with Gasteiger partial charge >= 0.3 is 0 Å². The lowest BCUT2D eigenvalue weighted by molar-refractivity contribution is 0.603. The predicted molar refractivity (Wildman–Crippen MR) is 84.1 cm³/mol. The van der Waals surface area contributed by atoms with Crippen molar-refractivity contribution in [3.63, 3.8) is 0 Å². The van der Waals surface area contributed by atoms with Crippen LogP contribution in [-0.2, 0) is 16.6 Å². The van der Waals surface area contributed by atoms with Crippen LogP contribution in [0.3, 0.4) is 0 Å². The highest BCUT2D eigenvalue weighted by Crippen LogP contribution is 2.28. The van der Waals surface area contributed by atoms with E-state index in [0.717, 1.165) is 10.4 Å². The quantitative estimate of drug-likeness (QED) is 0.885. The lowest BCUT2D eigenvalue weighted by atomic mass is 10.3. The van der Waals surface area contributed by atoms with Crippen LogP contribution in [0.4, 0.5) is 5.69 Å². The molecular weight excluding hydrogens is 316 g/mol. The molecule has 0 spiro atoms. The number of hydrogen-bond donors (Lipinski definition) is 2. The van der Waals surface area contributed by atoms with E-state index in [1.807, 2.05) is 14.0 Å². The number of nitrogens with one attached hydrogen (secondary N) is 2. The molecule has 2 rings (SSSR count). The maximum Gasteiger partial charge on any atom is 0.271 e. The molecule has 20 heavy (non-hydrogen) atoms. The van der Waals surface area contributed by atoms with Gasteiger partial charge in [-0.2, -0.15) is 0 Å². The molecule has 0 aliphatic heterocycles. The van der Waals surface area contributed by atoms with Gasteiger partial charge < -0.3 is 5.32 Å². The summed E-state index contributed by atoms with van der Waals surface area (Å²) in [6, 6.07) is 8.32. The maximum atomic E-state index is 12.3. The van der Waals surface area contributed by atoms with Crippen molar-refractivity contribution in [2.24, 2.45) is 0 Å². The third-order valence-electron chi connectivity index (χ3n) is 2.68. The highest BCUT2D eigenvalue weighted by molar-refractivity contribution is 7.94. The zero-order valence-electron chi connectivity index (χ0n) is 11.1. The van der Waals surface area contributed by atoms with E-state index in [4.69, 9.17) is 11.6 Å². The second-order valence-corrected chi connectivity index (χ2v) is 7.80. The van der Waals surface area contributed by atoms with Crippen molar-refractivity contribution in [1.29, 1.82) is 0 Å². The Morgan fingerprint density at radius 3 is 2.70 bits per heavy atom. The predicted octanol–water partition coefficient (Wildman–Crippen LogP) is 3.23. The molecule has 2 aromatic rings. The van der Waals surface area contributed by atoms with Crippen LogP contribution in [-0.4, -0.2) is 15.5 Å². The summed E-state index contributed by atoms with van der Waals surface area (Å²) >= 11 is 7.12. The molecule has 0 amide bonds. The number of benzene rings is 1. The molecular formula is C13H15ClN2O2S2. The van der Waals surface area contributed by atoms with Crippen LogP contribution >= 0.6 is 22.9 Å². The zero-order valence-corrected chi connectivity index (χ0v) is 13.5. The average molecular weight is 331 g/mol. The van der Waals surface area contributed by atoms with E-state index >= 15 is 0 Å². The first-order valence-electron chi connectivity index (χ1n) is 5.94. The maximum absolute atomic E-state index is 12.3. The molecule has 2 N–H and O–H groups in total. The molecule has 4 nitrogen and oxygen atoms in total. The third kappa shape index (κ3) is 3.52. The van der Waals surface area contributed by atoms with E-state index in [9.17, 15) is 8.42 Å². The number of aryl methyl sites for hydroxylation is 1. The number of hydrogen-bond acceptors (Lipinski definition) is 4. The van der Waals surface area contributed by atoms with E-state index in [2.05, 4.69) is 10.0 Å². The van der Waals surface area contributed by atoms with Crippen LogP contribution in [0.5, 0.6) is 0 Å². The fourth-order valence-electron chi connectivity index (χ4n) is 1.71. The lowest BCUT2D eigenvalue weighted by Gasteiger charge is -2.06. The fraction of sp³-hybridized carbons (Fsp3) is 0.231. The average Bonchev–Trinajstić information content (AvgIpc) is 2.72. The first-order valence-corrected chi connectivity index (χ1v) is 8.62. The minimum Gasteiger partial charge on any atom is -0.315 e. The molecule has 1 aromatic carbocycles. The fourth-order valence-corrected chi connectivity index (χ4v) is 4.56. The van der Waals surface area contributed by atoms with Crippen molar-refractivity contribution in [3.8, 4) is 0 Å². The Morgan fingerprint density at radius 2 is 2.05 bits per heavy atom. The first kappa shape index (κ1) is 15.3. The van der Waals surface area contributed by atoms with Crippen LogP contribution in [0.2, 0.25) is 5.02 Å². The van der Waals surface area contributed by atoms with Crippen molar-refractivity contribution in [2.45, 2.75) is 17.7 Å². The number of anilines is 1. The number of halogens is 1. The summed E-state index contributed by atoms with van der Waals surface area (Å²) in [7, 11) is -1.74. The third-order valence-corrected chi connectivity index (χ3v) is 6.00. The summed E-state index contributed by atoms with van der Waals surface area (Å²) in [6.07, 6.45) is 0. The second-order valence-electron chi connectivity index (χ2n) is 4.32. The van der Waals surface area contributed by atoms with Crippen molar-refractivity contribution in [1.82, 2.24) is 5.32 Å². The van der Waals surface area contributed by atoms with Gasteiger partial charge in [-0.05, 0) is 43.8 Å². The Labute approximate surface area is 127 Å². The second kappa shape index (κ2) is 6.13. The smallest absolute Gasteiger partial charge is 0.271 e. The van der Waals surface area contributed by atoms with Crippen LogP contribution in [0.15, 0.2) is 34.5 Å². The van der Waals surface area contributed by atoms with E-state index in [1.54, 1.807) is 30.3 Å². The summed E-state index contributed by atoms with van der Waals surface area (Å²) in [5.41, 5.74) is 1.43. The van der Waals surface area contributed by atoms with Gasteiger partial charge in [-0.3, -0.25) is 4.72 Å². The summed E-state index contributed by atoms with van der Waals surface area (Å²) < 4.78 is 27.5. The SMILES string of the molecule is CNCc1sc(S(=O)(=O)Nc2cccc(Cl)c2)cc1C. The van der Waals surface area contributed by atoms with Crippen molar-refractivity contribution in [2.75, 3.05) is 11.8 Å². The minimum absolute atomic E-state index is 0.306. The molecule has 0 bridgehead atoms. The van der Waals surface area contributed by atoms with Crippen molar-refractivity contribution < 1.29 is 8.42 Å². The summed E-state index contributed by atoms with van der Waals surface area (Å²) in [5, 5.41) is 3.51. The van der Waals surface area contributed by atoms with Crippen molar-refractivity contribution in [3.05, 3.63) is 45.8 Å². The van der Waals surface area contributed by atoms with Gasteiger partial charge in [-0.15, -0.1) is 11.3 Å². The van der Waals surface area contributed by atoms with Gasteiger partial charge in [0, 0.05) is 16.4 Å². The van der Waals surface area contributed by atoms with E-state index < -0.39 is 10.0 Å². The highest BCUT2D eigenvalue weighted by Gasteiger charge is 2.18. The molecule has 1 heterocycles. The summed E-state index contributed by atoms with van der Waals surface area (Å²) in [4.78, 5) is 1.01. The Hall–Kier alpha value is -1.08. The first-order chi connectivity index (χ1) is 9.42. The van der Waals surface area contributed by atoms with Gasteiger partial charge in [0.15, 0.2) is 0 Å².